The van der Waals surface area contributed by atoms with E-state index >= 15 is 0 Å². The van der Waals surface area contributed by atoms with Gasteiger partial charge in [0.1, 0.15) is 0 Å². The summed E-state index contributed by atoms with van der Waals surface area (Å²) in [7, 11) is 0. The van der Waals surface area contributed by atoms with E-state index in [0.29, 0.717) is 5.92 Å². The zero-order valence-corrected chi connectivity index (χ0v) is 13.6. The summed E-state index contributed by atoms with van der Waals surface area (Å²) in [6.45, 7) is 4.64. The number of guanidine groups is 1. The lowest BCUT2D eigenvalue weighted by molar-refractivity contribution is 0.614. The van der Waals surface area contributed by atoms with E-state index in [2.05, 4.69) is 52.9 Å². The number of nitrogens with zero attached hydrogens (tertiary/aromatic N) is 2. The molecule has 1 atom stereocenters. The summed E-state index contributed by atoms with van der Waals surface area (Å²) in [6, 6.07) is 14.7. The van der Waals surface area contributed by atoms with Crippen molar-refractivity contribution < 1.29 is 0 Å². The van der Waals surface area contributed by atoms with E-state index in [1.54, 1.807) is 0 Å². The van der Waals surface area contributed by atoms with Crippen molar-refractivity contribution in [1.82, 2.24) is 15.6 Å². The fourth-order valence-corrected chi connectivity index (χ4v) is 2.92. The highest BCUT2D eigenvalue weighted by atomic mass is 15.2. The molecule has 0 spiro atoms. The van der Waals surface area contributed by atoms with Gasteiger partial charge in [0.15, 0.2) is 5.96 Å². The topological polar surface area (TPSA) is 49.3 Å². The molecule has 120 valence electrons. The third-order valence-electron chi connectivity index (χ3n) is 4.17. The van der Waals surface area contributed by atoms with Crippen LogP contribution in [0.5, 0.6) is 0 Å². The van der Waals surface area contributed by atoms with Gasteiger partial charge in [-0.05, 0) is 36.6 Å². The Hall–Kier alpha value is -2.36. The predicted octanol–water partition coefficient (Wildman–Crippen LogP) is 2.52. The van der Waals surface area contributed by atoms with Crippen molar-refractivity contribution in [3.63, 3.8) is 0 Å². The van der Waals surface area contributed by atoms with E-state index in [4.69, 9.17) is 4.99 Å². The van der Waals surface area contributed by atoms with Crippen LogP contribution in [0, 0.1) is 0 Å². The first-order valence-electron chi connectivity index (χ1n) is 8.36. The molecule has 1 unspecified atom stereocenters. The minimum absolute atomic E-state index is 0.567. The van der Waals surface area contributed by atoms with Crippen LogP contribution < -0.4 is 10.6 Å². The van der Waals surface area contributed by atoms with E-state index in [9.17, 15) is 0 Å². The molecule has 0 saturated carbocycles. The van der Waals surface area contributed by atoms with Gasteiger partial charge in [0.05, 0.1) is 0 Å². The Morgan fingerprint density at radius 2 is 2.04 bits per heavy atom. The Kier molecular flexibility index (Phi) is 5.25. The third-order valence-corrected chi connectivity index (χ3v) is 4.17. The number of pyridine rings is 1. The summed E-state index contributed by atoms with van der Waals surface area (Å²) < 4.78 is 0. The van der Waals surface area contributed by atoms with Gasteiger partial charge in [0.25, 0.3) is 0 Å². The molecule has 3 rings (SSSR count). The maximum absolute atomic E-state index is 4.74. The molecular weight excluding hydrogens is 284 g/mol. The second kappa shape index (κ2) is 7.77. The molecule has 1 aromatic carbocycles. The number of hydrogen-bond donors (Lipinski definition) is 2. The summed E-state index contributed by atoms with van der Waals surface area (Å²) in [5.74, 6) is 1.46. The lowest BCUT2D eigenvalue weighted by Gasteiger charge is -2.28. The fourth-order valence-electron chi connectivity index (χ4n) is 2.92. The summed E-state index contributed by atoms with van der Waals surface area (Å²) in [6.07, 6.45) is 3.88. The van der Waals surface area contributed by atoms with Crippen molar-refractivity contribution in [1.29, 1.82) is 0 Å². The van der Waals surface area contributed by atoms with Gasteiger partial charge in [-0.25, -0.2) is 0 Å². The highest BCUT2D eigenvalue weighted by Gasteiger charge is 2.24. The van der Waals surface area contributed by atoms with Gasteiger partial charge in [-0.3, -0.25) is 9.98 Å². The molecule has 4 nitrogen and oxygen atoms in total. The SMILES string of the molecule is CCNC(=NCC1Cc2ccccc21)NCCc1ccccn1. The zero-order chi connectivity index (χ0) is 15.9. The molecule has 2 N–H and O–H groups in total. The zero-order valence-electron chi connectivity index (χ0n) is 13.6. The summed E-state index contributed by atoms with van der Waals surface area (Å²) in [5, 5.41) is 6.71. The fraction of sp³-hybridized carbons (Fsp3) is 0.368. The van der Waals surface area contributed by atoms with Crippen molar-refractivity contribution in [2.75, 3.05) is 19.6 Å². The molecular formula is C19H24N4. The number of rotatable bonds is 6. The van der Waals surface area contributed by atoms with Gasteiger partial charge in [-0.2, -0.15) is 0 Å². The van der Waals surface area contributed by atoms with Crippen LogP contribution in [0.4, 0.5) is 0 Å². The summed E-state index contributed by atoms with van der Waals surface area (Å²) in [5.41, 5.74) is 4.03. The highest BCUT2D eigenvalue weighted by molar-refractivity contribution is 5.79. The quantitative estimate of drug-likeness (QED) is 0.637. The van der Waals surface area contributed by atoms with Crippen LogP contribution in [0.15, 0.2) is 53.7 Å². The molecule has 0 fully saturated rings. The lowest BCUT2D eigenvalue weighted by Crippen LogP contribution is -2.39. The summed E-state index contributed by atoms with van der Waals surface area (Å²) in [4.78, 5) is 9.08. The minimum atomic E-state index is 0.567. The monoisotopic (exact) mass is 308 g/mol. The van der Waals surface area contributed by atoms with E-state index in [-0.39, 0.29) is 0 Å². The van der Waals surface area contributed by atoms with Crippen molar-refractivity contribution in [2.45, 2.75) is 25.7 Å². The van der Waals surface area contributed by atoms with Crippen molar-refractivity contribution >= 4 is 5.96 Å². The molecule has 2 aromatic rings. The number of aliphatic imine (C=N–C) groups is 1. The van der Waals surface area contributed by atoms with Crippen LogP contribution >= 0.6 is 0 Å². The molecule has 0 aliphatic heterocycles. The minimum Gasteiger partial charge on any atom is -0.357 e. The molecule has 0 radical (unpaired) electrons. The van der Waals surface area contributed by atoms with Crippen LogP contribution in [0.3, 0.4) is 0 Å². The Balaban J connectivity index is 1.50. The molecule has 0 amide bonds. The molecule has 1 aliphatic carbocycles. The number of nitrogens with one attached hydrogen (secondary N) is 2. The molecule has 0 saturated heterocycles. The van der Waals surface area contributed by atoms with Crippen molar-refractivity contribution in [3.05, 3.63) is 65.5 Å². The largest absolute Gasteiger partial charge is 0.357 e. The molecule has 0 bridgehead atoms. The van der Waals surface area contributed by atoms with Gasteiger partial charge >= 0.3 is 0 Å². The maximum atomic E-state index is 4.74. The van der Waals surface area contributed by atoms with E-state index in [1.807, 2.05) is 18.3 Å². The average molecular weight is 308 g/mol. The van der Waals surface area contributed by atoms with Gasteiger partial charge in [-0.1, -0.05) is 30.3 Å². The molecule has 1 aromatic heterocycles. The Morgan fingerprint density at radius 1 is 1.17 bits per heavy atom. The Labute approximate surface area is 138 Å². The second-order valence-corrected chi connectivity index (χ2v) is 5.82. The number of hydrogen-bond acceptors (Lipinski definition) is 2. The first kappa shape index (κ1) is 15.5. The lowest BCUT2D eigenvalue weighted by atomic mass is 9.78. The van der Waals surface area contributed by atoms with Crippen molar-refractivity contribution in [3.8, 4) is 0 Å². The van der Waals surface area contributed by atoms with Crippen LogP contribution in [-0.2, 0) is 12.8 Å². The van der Waals surface area contributed by atoms with Crippen LogP contribution in [0.2, 0.25) is 0 Å². The Morgan fingerprint density at radius 3 is 2.83 bits per heavy atom. The maximum Gasteiger partial charge on any atom is 0.191 e. The van der Waals surface area contributed by atoms with Crippen LogP contribution in [-0.4, -0.2) is 30.6 Å². The van der Waals surface area contributed by atoms with Gasteiger partial charge < -0.3 is 10.6 Å². The van der Waals surface area contributed by atoms with E-state index in [1.165, 1.54) is 11.1 Å². The molecule has 1 heterocycles. The normalized spacial score (nSPS) is 16.4. The van der Waals surface area contributed by atoms with E-state index < -0.39 is 0 Å². The average Bonchev–Trinajstić information content (AvgIpc) is 2.56. The van der Waals surface area contributed by atoms with Crippen LogP contribution in [0.1, 0.15) is 29.7 Å². The number of aromatic nitrogens is 1. The third kappa shape index (κ3) is 4.09. The first-order valence-corrected chi connectivity index (χ1v) is 8.36. The smallest absolute Gasteiger partial charge is 0.191 e. The first-order chi connectivity index (χ1) is 11.4. The summed E-state index contributed by atoms with van der Waals surface area (Å²) >= 11 is 0. The van der Waals surface area contributed by atoms with Gasteiger partial charge in [-0.15, -0.1) is 0 Å². The molecule has 4 heteroatoms. The predicted molar refractivity (Wildman–Crippen MR) is 94.8 cm³/mol. The van der Waals surface area contributed by atoms with E-state index in [0.717, 1.165) is 44.1 Å². The molecule has 23 heavy (non-hydrogen) atoms. The van der Waals surface area contributed by atoms with Crippen molar-refractivity contribution in [2.24, 2.45) is 4.99 Å². The van der Waals surface area contributed by atoms with Gasteiger partial charge in [0, 0.05) is 43.9 Å². The number of benzene rings is 1. The number of fused-ring (bicyclic) bond motifs is 1. The standard InChI is InChI=1S/C19H24N4/c1-2-20-19(22-12-10-17-8-5-6-11-21-17)23-14-16-13-15-7-3-4-9-18(15)16/h3-9,11,16H,2,10,12-14H2,1H3,(H2,20,22,23). The highest BCUT2D eigenvalue weighted by Crippen LogP contribution is 2.34. The second-order valence-electron chi connectivity index (χ2n) is 5.82. The van der Waals surface area contributed by atoms with Crippen LogP contribution in [0.25, 0.3) is 0 Å². The Bertz CT molecular complexity index is 651. The molecule has 1 aliphatic rings. The van der Waals surface area contributed by atoms with Gasteiger partial charge in [0.2, 0.25) is 0 Å².